The summed E-state index contributed by atoms with van der Waals surface area (Å²) < 4.78 is 6.21. The number of carbonyl (C=O) groups is 2. The molecule has 0 atom stereocenters. The van der Waals surface area contributed by atoms with Crippen LogP contribution in [-0.4, -0.2) is 27.7 Å². The number of nitrogens with one attached hydrogen (secondary N) is 2. The number of nitrogens with zero attached hydrogens (tertiary/aromatic N) is 2. The number of hydrogen-bond donors (Lipinski definition) is 2. The second kappa shape index (κ2) is 7.00. The summed E-state index contributed by atoms with van der Waals surface area (Å²) in [4.78, 5) is 40.9. The van der Waals surface area contributed by atoms with Crippen LogP contribution in [0, 0.1) is 0 Å². The van der Waals surface area contributed by atoms with E-state index in [-0.39, 0.29) is 28.6 Å². The average Bonchev–Trinajstić information content (AvgIpc) is 3.16. The summed E-state index contributed by atoms with van der Waals surface area (Å²) in [6.07, 6.45) is 4.88. The molecule has 3 aromatic heterocycles. The molecule has 128 valence electrons. The minimum atomic E-state index is -0.555. The van der Waals surface area contributed by atoms with Crippen molar-refractivity contribution >= 4 is 23.1 Å². The zero-order chi connectivity index (χ0) is 17.8. The van der Waals surface area contributed by atoms with Gasteiger partial charge in [0.1, 0.15) is 5.69 Å². The Kier molecular flexibility index (Phi) is 4.60. The number of anilines is 1. The molecule has 0 aliphatic heterocycles. The van der Waals surface area contributed by atoms with Gasteiger partial charge in [-0.25, -0.2) is 4.98 Å². The molecule has 0 saturated carbocycles. The van der Waals surface area contributed by atoms with E-state index in [9.17, 15) is 14.4 Å². The third-order valence-corrected chi connectivity index (χ3v) is 3.51. The minimum absolute atomic E-state index is 0.00924. The molecule has 3 rings (SSSR count). The molecule has 0 aliphatic rings. The molecule has 0 aromatic carbocycles. The number of rotatable bonds is 5. The van der Waals surface area contributed by atoms with Gasteiger partial charge in [-0.15, -0.1) is 0 Å². The Morgan fingerprint density at radius 1 is 1.24 bits per heavy atom. The molecule has 2 amide bonds. The molecule has 0 spiro atoms. The van der Waals surface area contributed by atoms with Gasteiger partial charge in [0.25, 0.3) is 17.4 Å². The molecular weight excluding hydrogens is 324 g/mol. The highest BCUT2D eigenvalue weighted by atomic mass is 16.3. The van der Waals surface area contributed by atoms with E-state index in [2.05, 4.69) is 15.6 Å². The van der Waals surface area contributed by atoms with E-state index in [0.29, 0.717) is 6.54 Å². The summed E-state index contributed by atoms with van der Waals surface area (Å²) in [6, 6.07) is 6.22. The highest BCUT2D eigenvalue weighted by Gasteiger charge is 2.16. The quantitative estimate of drug-likeness (QED) is 0.735. The Morgan fingerprint density at radius 2 is 2.08 bits per heavy atom. The van der Waals surface area contributed by atoms with Gasteiger partial charge in [0.2, 0.25) is 0 Å². The van der Waals surface area contributed by atoms with E-state index < -0.39 is 11.5 Å². The van der Waals surface area contributed by atoms with Crippen LogP contribution in [0.3, 0.4) is 0 Å². The van der Waals surface area contributed by atoms with E-state index in [1.165, 1.54) is 29.1 Å². The minimum Gasteiger partial charge on any atom is -0.459 e. The van der Waals surface area contributed by atoms with Gasteiger partial charge in [0, 0.05) is 12.7 Å². The van der Waals surface area contributed by atoms with Crippen molar-refractivity contribution in [1.29, 1.82) is 0 Å². The first-order valence-corrected chi connectivity index (χ1v) is 7.75. The molecule has 0 fully saturated rings. The maximum absolute atomic E-state index is 12.6. The van der Waals surface area contributed by atoms with Crippen molar-refractivity contribution in [3.63, 3.8) is 0 Å². The number of fused-ring (bicyclic) bond motifs is 1. The fourth-order valence-electron chi connectivity index (χ4n) is 2.29. The molecule has 2 N–H and O–H groups in total. The second-order valence-corrected chi connectivity index (χ2v) is 5.28. The van der Waals surface area contributed by atoms with Crippen LogP contribution >= 0.6 is 0 Å². The molecule has 25 heavy (non-hydrogen) atoms. The zero-order valence-electron chi connectivity index (χ0n) is 13.5. The number of aromatic nitrogens is 2. The van der Waals surface area contributed by atoms with Crippen LogP contribution in [-0.2, 0) is 0 Å². The maximum atomic E-state index is 12.6. The summed E-state index contributed by atoms with van der Waals surface area (Å²) in [5.74, 6) is -0.780. The normalized spacial score (nSPS) is 10.6. The molecule has 0 radical (unpaired) electrons. The molecular formula is C17H16N4O4. The van der Waals surface area contributed by atoms with Crippen molar-refractivity contribution in [3.8, 4) is 0 Å². The smallest absolute Gasteiger partial charge is 0.291 e. The van der Waals surface area contributed by atoms with Gasteiger partial charge in [0.05, 0.1) is 18.0 Å². The number of hydrogen-bond acceptors (Lipinski definition) is 5. The van der Waals surface area contributed by atoms with Gasteiger partial charge in [0.15, 0.2) is 11.4 Å². The van der Waals surface area contributed by atoms with Gasteiger partial charge in [-0.3, -0.25) is 18.8 Å². The van der Waals surface area contributed by atoms with E-state index in [1.54, 1.807) is 18.2 Å². The first-order valence-electron chi connectivity index (χ1n) is 7.75. The van der Waals surface area contributed by atoms with Crippen molar-refractivity contribution in [2.75, 3.05) is 11.9 Å². The van der Waals surface area contributed by atoms with Crippen molar-refractivity contribution in [2.45, 2.75) is 13.3 Å². The molecule has 3 heterocycles. The molecule has 0 saturated heterocycles. The Morgan fingerprint density at radius 3 is 2.80 bits per heavy atom. The molecule has 8 heteroatoms. The fourth-order valence-corrected chi connectivity index (χ4v) is 2.29. The van der Waals surface area contributed by atoms with Gasteiger partial charge >= 0.3 is 0 Å². The summed E-state index contributed by atoms with van der Waals surface area (Å²) in [7, 11) is 0. The third-order valence-electron chi connectivity index (χ3n) is 3.51. The lowest BCUT2D eigenvalue weighted by Crippen LogP contribution is -2.27. The van der Waals surface area contributed by atoms with Crippen molar-refractivity contribution < 1.29 is 14.0 Å². The SMILES string of the molecule is CCCNC(=O)c1cccn2c(=O)c(NC(=O)c3ccco3)cnc12. The molecule has 0 unspecified atom stereocenters. The Balaban J connectivity index is 1.96. The predicted octanol–water partition coefficient (Wildman–Crippen LogP) is 1.68. The zero-order valence-corrected chi connectivity index (χ0v) is 13.5. The van der Waals surface area contributed by atoms with Crippen molar-refractivity contribution in [1.82, 2.24) is 14.7 Å². The van der Waals surface area contributed by atoms with E-state index in [0.717, 1.165) is 6.42 Å². The number of furan rings is 1. The van der Waals surface area contributed by atoms with E-state index in [1.807, 2.05) is 6.92 Å². The van der Waals surface area contributed by atoms with Gasteiger partial charge < -0.3 is 15.1 Å². The van der Waals surface area contributed by atoms with Crippen LogP contribution in [0.1, 0.15) is 34.3 Å². The summed E-state index contributed by atoms with van der Waals surface area (Å²) in [5, 5.41) is 5.21. The van der Waals surface area contributed by atoms with Gasteiger partial charge in [-0.2, -0.15) is 0 Å². The number of carbonyl (C=O) groups excluding carboxylic acids is 2. The van der Waals surface area contributed by atoms with Gasteiger partial charge in [-0.05, 0) is 30.7 Å². The lowest BCUT2D eigenvalue weighted by molar-refractivity contribution is 0.0953. The van der Waals surface area contributed by atoms with Crippen molar-refractivity contribution in [3.05, 3.63) is 64.6 Å². The highest BCUT2D eigenvalue weighted by molar-refractivity contribution is 6.02. The van der Waals surface area contributed by atoms with Crippen LogP contribution in [0.15, 0.2) is 52.1 Å². The first-order chi connectivity index (χ1) is 12.1. The van der Waals surface area contributed by atoms with Crippen LogP contribution in [0.4, 0.5) is 5.69 Å². The third kappa shape index (κ3) is 3.27. The van der Waals surface area contributed by atoms with Gasteiger partial charge in [-0.1, -0.05) is 6.92 Å². The first kappa shape index (κ1) is 16.4. The van der Waals surface area contributed by atoms with Crippen LogP contribution < -0.4 is 16.2 Å². The van der Waals surface area contributed by atoms with E-state index >= 15 is 0 Å². The Labute approximate surface area is 142 Å². The second-order valence-electron chi connectivity index (χ2n) is 5.28. The predicted molar refractivity (Wildman–Crippen MR) is 90.7 cm³/mol. The summed E-state index contributed by atoms with van der Waals surface area (Å²) in [6.45, 7) is 2.47. The van der Waals surface area contributed by atoms with Crippen LogP contribution in [0.25, 0.3) is 5.65 Å². The molecule has 8 nitrogen and oxygen atoms in total. The standard InChI is InChI=1S/C17H16N4O4/c1-2-7-18-15(22)11-5-3-8-21-14(11)19-10-12(17(21)24)20-16(23)13-6-4-9-25-13/h3-6,8-10H,2,7H2,1H3,(H,18,22)(H,20,23). The monoisotopic (exact) mass is 340 g/mol. The molecule has 0 bridgehead atoms. The number of amides is 2. The lowest BCUT2D eigenvalue weighted by atomic mass is 10.2. The largest absolute Gasteiger partial charge is 0.459 e. The number of pyridine rings is 1. The molecule has 3 aromatic rings. The van der Waals surface area contributed by atoms with Crippen LogP contribution in [0.5, 0.6) is 0 Å². The average molecular weight is 340 g/mol. The fraction of sp³-hybridized carbons (Fsp3) is 0.176. The topological polar surface area (TPSA) is 106 Å². The van der Waals surface area contributed by atoms with E-state index in [4.69, 9.17) is 4.42 Å². The Hall–Kier alpha value is -3.42. The maximum Gasteiger partial charge on any atom is 0.291 e. The van der Waals surface area contributed by atoms with Crippen LogP contribution in [0.2, 0.25) is 0 Å². The van der Waals surface area contributed by atoms with Crippen molar-refractivity contribution in [2.24, 2.45) is 0 Å². The summed E-state index contributed by atoms with van der Waals surface area (Å²) >= 11 is 0. The Bertz CT molecular complexity index is 976. The summed E-state index contributed by atoms with van der Waals surface area (Å²) in [5.41, 5.74) is 0.00845. The molecule has 0 aliphatic carbocycles. The lowest BCUT2D eigenvalue weighted by Gasteiger charge is -2.09. The highest BCUT2D eigenvalue weighted by Crippen LogP contribution is 2.10.